The quantitative estimate of drug-likeness (QED) is 0.580. The monoisotopic (exact) mass is 378 g/mol. The van der Waals surface area contributed by atoms with E-state index in [4.69, 9.17) is 14.6 Å². The molecule has 0 spiro atoms. The van der Waals surface area contributed by atoms with Gasteiger partial charge in [0.15, 0.2) is 0 Å². The van der Waals surface area contributed by atoms with Gasteiger partial charge in [-0.05, 0) is 31.2 Å². The average Bonchev–Trinajstić information content (AvgIpc) is 2.66. The first kappa shape index (κ1) is 21.2. The molecule has 7 heteroatoms. The van der Waals surface area contributed by atoms with Crippen LogP contribution in [0.1, 0.15) is 31.2 Å². The molecule has 150 valence electrons. The molecule has 1 aliphatic rings. The summed E-state index contributed by atoms with van der Waals surface area (Å²) in [5.41, 5.74) is 0.953. The number of amides is 2. The number of hydrogen-bond donors (Lipinski definition) is 3. The third-order valence-corrected chi connectivity index (χ3v) is 4.99. The Morgan fingerprint density at radius 1 is 1.26 bits per heavy atom. The second-order valence-corrected chi connectivity index (χ2v) is 7.19. The zero-order valence-corrected chi connectivity index (χ0v) is 15.9. The lowest BCUT2D eigenvalue weighted by Gasteiger charge is -2.36. The van der Waals surface area contributed by atoms with Crippen molar-refractivity contribution in [3.63, 3.8) is 0 Å². The van der Waals surface area contributed by atoms with E-state index in [1.54, 1.807) is 7.11 Å². The van der Waals surface area contributed by atoms with E-state index in [0.717, 1.165) is 18.4 Å². The Hall–Kier alpha value is -2.12. The number of carboxylic acid groups (broad SMARTS) is 1. The van der Waals surface area contributed by atoms with Gasteiger partial charge in [-0.3, -0.25) is 4.79 Å². The smallest absolute Gasteiger partial charge is 0.315 e. The predicted octanol–water partition coefficient (Wildman–Crippen LogP) is 2.20. The van der Waals surface area contributed by atoms with Gasteiger partial charge in [0.05, 0.1) is 6.61 Å². The van der Waals surface area contributed by atoms with Gasteiger partial charge in [-0.25, -0.2) is 4.79 Å². The standard InChI is InChI=1S/C20H30N2O5/c1-26-15-20(9-11-27-12-10-20)14-21-19(25)22-17(7-8-18(23)24)13-16-5-3-2-4-6-16/h2-6,17H,7-15H2,1H3,(H,23,24)(H2,21,22,25). The number of methoxy groups -OCH3 is 1. The van der Waals surface area contributed by atoms with Crippen molar-refractivity contribution in [2.24, 2.45) is 5.41 Å². The maximum Gasteiger partial charge on any atom is 0.315 e. The predicted molar refractivity (Wildman–Crippen MR) is 102 cm³/mol. The molecule has 3 N–H and O–H groups in total. The number of carbonyl (C=O) groups is 2. The second kappa shape index (κ2) is 10.9. The van der Waals surface area contributed by atoms with E-state index < -0.39 is 5.97 Å². The third-order valence-electron chi connectivity index (χ3n) is 4.99. The van der Waals surface area contributed by atoms with Crippen molar-refractivity contribution < 1.29 is 24.2 Å². The number of urea groups is 1. The maximum absolute atomic E-state index is 12.4. The van der Waals surface area contributed by atoms with E-state index in [1.807, 2.05) is 30.3 Å². The number of carbonyl (C=O) groups excluding carboxylic acids is 1. The molecule has 1 atom stereocenters. The topological polar surface area (TPSA) is 96.9 Å². The summed E-state index contributed by atoms with van der Waals surface area (Å²) in [4.78, 5) is 23.4. The van der Waals surface area contributed by atoms with Crippen LogP contribution in [0.3, 0.4) is 0 Å². The fourth-order valence-corrected chi connectivity index (χ4v) is 3.41. The van der Waals surface area contributed by atoms with Crippen LogP contribution in [0.5, 0.6) is 0 Å². The fraction of sp³-hybridized carbons (Fsp3) is 0.600. The normalized spacial score (nSPS) is 17.1. The van der Waals surface area contributed by atoms with E-state index in [1.165, 1.54) is 0 Å². The first-order valence-corrected chi connectivity index (χ1v) is 9.40. The highest BCUT2D eigenvalue weighted by Gasteiger charge is 2.33. The zero-order valence-electron chi connectivity index (χ0n) is 15.9. The van der Waals surface area contributed by atoms with Crippen LogP contribution in [0.4, 0.5) is 4.79 Å². The summed E-state index contributed by atoms with van der Waals surface area (Å²) in [6, 6.07) is 9.23. The SMILES string of the molecule is COCC1(CNC(=O)NC(CCC(=O)O)Cc2ccccc2)CCOCC1. The molecule has 1 aliphatic heterocycles. The lowest BCUT2D eigenvalue weighted by molar-refractivity contribution is -0.137. The zero-order chi connectivity index (χ0) is 19.5. The van der Waals surface area contributed by atoms with Crippen molar-refractivity contribution >= 4 is 12.0 Å². The number of aliphatic carboxylic acids is 1. The molecule has 1 aromatic carbocycles. The molecule has 0 radical (unpaired) electrons. The molecule has 1 unspecified atom stereocenters. The molecular weight excluding hydrogens is 348 g/mol. The van der Waals surface area contributed by atoms with Crippen LogP contribution in [0, 0.1) is 5.41 Å². The van der Waals surface area contributed by atoms with Crippen molar-refractivity contribution in [3.8, 4) is 0 Å². The van der Waals surface area contributed by atoms with Gasteiger partial charge >= 0.3 is 12.0 Å². The molecule has 0 aliphatic carbocycles. The van der Waals surface area contributed by atoms with Crippen LogP contribution in [0.15, 0.2) is 30.3 Å². The van der Waals surface area contributed by atoms with Crippen LogP contribution in [0.25, 0.3) is 0 Å². The highest BCUT2D eigenvalue weighted by molar-refractivity contribution is 5.74. The largest absolute Gasteiger partial charge is 0.481 e. The summed E-state index contributed by atoms with van der Waals surface area (Å²) < 4.78 is 10.8. The Morgan fingerprint density at radius 2 is 1.96 bits per heavy atom. The Balaban J connectivity index is 1.90. The molecular formula is C20H30N2O5. The van der Waals surface area contributed by atoms with Crippen LogP contribution in [0.2, 0.25) is 0 Å². The molecule has 2 amide bonds. The second-order valence-electron chi connectivity index (χ2n) is 7.19. The average molecular weight is 378 g/mol. The third kappa shape index (κ3) is 7.56. The Labute approximate surface area is 160 Å². The van der Waals surface area contributed by atoms with E-state index >= 15 is 0 Å². The molecule has 1 saturated heterocycles. The molecule has 0 saturated carbocycles. The Morgan fingerprint density at radius 3 is 2.59 bits per heavy atom. The van der Waals surface area contributed by atoms with Crippen molar-refractivity contribution in [3.05, 3.63) is 35.9 Å². The fourth-order valence-electron chi connectivity index (χ4n) is 3.41. The molecule has 0 bridgehead atoms. The molecule has 1 fully saturated rings. The molecule has 27 heavy (non-hydrogen) atoms. The lowest BCUT2D eigenvalue weighted by atomic mass is 9.81. The highest BCUT2D eigenvalue weighted by Crippen LogP contribution is 2.30. The summed E-state index contributed by atoms with van der Waals surface area (Å²) in [5.74, 6) is -0.864. The maximum atomic E-state index is 12.4. The molecule has 1 aromatic rings. The van der Waals surface area contributed by atoms with E-state index in [-0.39, 0.29) is 23.9 Å². The molecule has 1 heterocycles. The van der Waals surface area contributed by atoms with E-state index in [0.29, 0.717) is 39.2 Å². The van der Waals surface area contributed by atoms with Gasteiger partial charge in [-0.15, -0.1) is 0 Å². The molecule has 2 rings (SSSR count). The van der Waals surface area contributed by atoms with Gasteiger partial charge in [0.25, 0.3) is 0 Å². The van der Waals surface area contributed by atoms with Gasteiger partial charge in [-0.1, -0.05) is 30.3 Å². The first-order valence-electron chi connectivity index (χ1n) is 9.40. The molecule has 7 nitrogen and oxygen atoms in total. The van der Waals surface area contributed by atoms with Crippen LogP contribution in [-0.4, -0.2) is 56.6 Å². The van der Waals surface area contributed by atoms with E-state index in [9.17, 15) is 9.59 Å². The number of carboxylic acids is 1. The summed E-state index contributed by atoms with van der Waals surface area (Å²) >= 11 is 0. The van der Waals surface area contributed by atoms with Gasteiger partial charge in [0.2, 0.25) is 0 Å². The number of nitrogens with one attached hydrogen (secondary N) is 2. The van der Waals surface area contributed by atoms with Gasteiger partial charge in [0.1, 0.15) is 0 Å². The minimum atomic E-state index is -0.864. The summed E-state index contributed by atoms with van der Waals surface area (Å²) in [6.45, 7) is 2.42. The highest BCUT2D eigenvalue weighted by atomic mass is 16.5. The van der Waals surface area contributed by atoms with Gasteiger partial charge in [0, 0.05) is 44.7 Å². The van der Waals surface area contributed by atoms with Crippen molar-refractivity contribution in [2.45, 2.75) is 38.1 Å². The van der Waals surface area contributed by atoms with Crippen LogP contribution < -0.4 is 10.6 Å². The summed E-state index contributed by atoms with van der Waals surface area (Å²) in [5, 5.41) is 14.9. The van der Waals surface area contributed by atoms with Crippen molar-refractivity contribution in [1.29, 1.82) is 0 Å². The number of hydrogen-bond acceptors (Lipinski definition) is 4. The van der Waals surface area contributed by atoms with Gasteiger partial charge in [-0.2, -0.15) is 0 Å². The Kier molecular flexibility index (Phi) is 8.54. The summed E-state index contributed by atoms with van der Waals surface area (Å²) in [7, 11) is 1.67. The minimum Gasteiger partial charge on any atom is -0.481 e. The number of rotatable bonds is 10. The summed E-state index contributed by atoms with van der Waals surface area (Å²) in [6.07, 6.45) is 2.68. The van der Waals surface area contributed by atoms with E-state index in [2.05, 4.69) is 10.6 Å². The number of benzene rings is 1. The van der Waals surface area contributed by atoms with Crippen molar-refractivity contribution in [1.82, 2.24) is 10.6 Å². The van der Waals surface area contributed by atoms with Gasteiger partial charge < -0.3 is 25.2 Å². The molecule has 0 aromatic heterocycles. The Bertz CT molecular complexity index is 582. The van der Waals surface area contributed by atoms with Crippen LogP contribution in [-0.2, 0) is 20.7 Å². The van der Waals surface area contributed by atoms with Crippen molar-refractivity contribution in [2.75, 3.05) is 33.5 Å². The lowest BCUT2D eigenvalue weighted by Crippen LogP contribution is -2.49. The minimum absolute atomic E-state index is 0.0166. The number of ether oxygens (including phenoxy) is 2. The first-order chi connectivity index (χ1) is 13.0. The van der Waals surface area contributed by atoms with Crippen LogP contribution >= 0.6 is 0 Å².